The monoisotopic (exact) mass is 535 g/mol. The van der Waals surface area contributed by atoms with E-state index in [0.717, 1.165) is 41.5 Å². The van der Waals surface area contributed by atoms with E-state index in [1.807, 2.05) is 62.4 Å². The highest BCUT2D eigenvalue weighted by molar-refractivity contribution is 5.92. The molecular formula is C32H45N3O4. The number of alkyl carbamates (subject to hydrolysis) is 1. The fraction of sp³-hybridized carbons (Fsp3) is 0.469. The fourth-order valence-corrected chi connectivity index (χ4v) is 4.43. The molecule has 0 saturated heterocycles. The van der Waals surface area contributed by atoms with Gasteiger partial charge in [-0.3, -0.25) is 9.59 Å². The first kappa shape index (κ1) is 31.6. The topological polar surface area (TPSA) is 87.7 Å². The Hall–Kier alpha value is -3.61. The van der Waals surface area contributed by atoms with E-state index in [9.17, 15) is 14.4 Å². The van der Waals surface area contributed by atoms with Gasteiger partial charge in [0.05, 0.1) is 0 Å². The number of nitrogens with zero attached hydrogens (tertiary/aromatic N) is 1. The van der Waals surface area contributed by atoms with Crippen molar-refractivity contribution < 1.29 is 19.1 Å². The molecule has 7 heteroatoms. The van der Waals surface area contributed by atoms with Gasteiger partial charge in [-0.1, -0.05) is 79.9 Å². The van der Waals surface area contributed by atoms with Crippen LogP contribution in [0.3, 0.4) is 0 Å². The van der Waals surface area contributed by atoms with Crippen LogP contribution in [0, 0.1) is 13.8 Å². The van der Waals surface area contributed by atoms with Gasteiger partial charge in [0.1, 0.15) is 17.7 Å². The predicted octanol–water partition coefficient (Wildman–Crippen LogP) is 5.80. The third-order valence-electron chi connectivity index (χ3n) is 6.24. The van der Waals surface area contributed by atoms with Crippen LogP contribution < -0.4 is 10.6 Å². The second-order valence-corrected chi connectivity index (χ2v) is 10.9. The van der Waals surface area contributed by atoms with Gasteiger partial charge in [-0.05, 0) is 57.7 Å². The van der Waals surface area contributed by atoms with Crippen LogP contribution in [0.15, 0.2) is 61.2 Å². The molecule has 0 bridgehead atoms. The van der Waals surface area contributed by atoms with Crippen LogP contribution in [0.4, 0.5) is 4.79 Å². The number of rotatable bonds is 13. The molecular weight excluding hydrogens is 490 g/mol. The van der Waals surface area contributed by atoms with E-state index in [1.165, 1.54) is 4.90 Å². The number of ether oxygens (including phenoxy) is 1. The number of aryl methyl sites for hydroxylation is 2. The zero-order valence-corrected chi connectivity index (χ0v) is 24.4. The number of hydrogen-bond acceptors (Lipinski definition) is 4. The number of nitrogens with one attached hydrogen (secondary N) is 2. The van der Waals surface area contributed by atoms with Crippen molar-refractivity contribution in [2.45, 2.75) is 84.9 Å². The molecule has 2 unspecified atom stereocenters. The first-order chi connectivity index (χ1) is 18.5. The molecule has 2 aromatic rings. The summed E-state index contributed by atoms with van der Waals surface area (Å²) in [5.74, 6) is -0.651. The van der Waals surface area contributed by atoms with E-state index in [2.05, 4.69) is 24.1 Å². The van der Waals surface area contributed by atoms with E-state index in [-0.39, 0.29) is 18.9 Å². The van der Waals surface area contributed by atoms with Crippen molar-refractivity contribution in [3.63, 3.8) is 0 Å². The summed E-state index contributed by atoms with van der Waals surface area (Å²) >= 11 is 0. The third-order valence-corrected chi connectivity index (χ3v) is 6.24. The van der Waals surface area contributed by atoms with E-state index in [4.69, 9.17) is 4.74 Å². The van der Waals surface area contributed by atoms with Gasteiger partial charge in [-0.15, -0.1) is 6.58 Å². The second kappa shape index (κ2) is 15.1. The molecule has 0 fully saturated rings. The molecule has 0 spiro atoms. The van der Waals surface area contributed by atoms with Crippen molar-refractivity contribution in [1.82, 2.24) is 15.5 Å². The fourth-order valence-electron chi connectivity index (χ4n) is 4.43. The lowest BCUT2D eigenvalue weighted by Gasteiger charge is -2.34. The van der Waals surface area contributed by atoms with E-state index in [1.54, 1.807) is 26.8 Å². The zero-order valence-electron chi connectivity index (χ0n) is 24.4. The molecule has 0 saturated carbocycles. The molecule has 2 N–H and O–H groups in total. The maximum atomic E-state index is 14.2. The van der Waals surface area contributed by atoms with Crippen LogP contribution in [0.1, 0.15) is 75.3 Å². The van der Waals surface area contributed by atoms with Crippen LogP contribution in [-0.2, 0) is 20.7 Å². The highest BCUT2D eigenvalue weighted by atomic mass is 16.6. The van der Waals surface area contributed by atoms with Crippen molar-refractivity contribution in [3.8, 4) is 0 Å². The van der Waals surface area contributed by atoms with Gasteiger partial charge < -0.3 is 20.3 Å². The van der Waals surface area contributed by atoms with Crippen LogP contribution in [0.2, 0.25) is 0 Å². The maximum Gasteiger partial charge on any atom is 0.408 e. The molecule has 39 heavy (non-hydrogen) atoms. The number of hydrogen-bond donors (Lipinski definition) is 2. The largest absolute Gasteiger partial charge is 0.444 e. The number of amides is 3. The number of unbranched alkanes of at least 4 members (excludes halogenated alkanes) is 2. The number of carbonyl (C=O) groups excluding carboxylic acids is 3. The van der Waals surface area contributed by atoms with E-state index in [0.29, 0.717) is 6.54 Å². The molecule has 0 aliphatic carbocycles. The van der Waals surface area contributed by atoms with Gasteiger partial charge >= 0.3 is 6.09 Å². The Bertz CT molecular complexity index is 1110. The Morgan fingerprint density at radius 1 is 1.05 bits per heavy atom. The zero-order chi connectivity index (χ0) is 29.0. The second-order valence-electron chi connectivity index (χ2n) is 10.9. The summed E-state index contributed by atoms with van der Waals surface area (Å²) in [7, 11) is 0. The summed E-state index contributed by atoms with van der Waals surface area (Å²) in [5.41, 5.74) is 2.85. The van der Waals surface area contributed by atoms with E-state index < -0.39 is 29.7 Å². The first-order valence-electron chi connectivity index (χ1n) is 13.8. The molecule has 0 aliphatic heterocycles. The lowest BCUT2D eigenvalue weighted by molar-refractivity contribution is -0.141. The highest BCUT2D eigenvalue weighted by Crippen LogP contribution is 2.27. The van der Waals surface area contributed by atoms with Crippen molar-refractivity contribution in [3.05, 3.63) is 83.4 Å². The highest BCUT2D eigenvalue weighted by Gasteiger charge is 2.36. The third kappa shape index (κ3) is 10.2. The normalized spacial score (nSPS) is 12.7. The predicted molar refractivity (Wildman–Crippen MR) is 156 cm³/mol. The van der Waals surface area contributed by atoms with Gasteiger partial charge in [-0.25, -0.2) is 4.79 Å². The molecule has 3 amide bonds. The first-order valence-corrected chi connectivity index (χ1v) is 13.8. The Labute approximate surface area is 234 Å². The molecule has 2 atom stereocenters. The number of benzene rings is 2. The van der Waals surface area contributed by atoms with Crippen LogP contribution in [0.25, 0.3) is 0 Å². The molecule has 2 rings (SSSR count). The quantitative estimate of drug-likeness (QED) is 0.251. The summed E-state index contributed by atoms with van der Waals surface area (Å²) < 4.78 is 5.48. The smallest absolute Gasteiger partial charge is 0.408 e. The van der Waals surface area contributed by atoms with E-state index >= 15 is 0 Å². The summed E-state index contributed by atoms with van der Waals surface area (Å²) in [6.07, 6.45) is 4.05. The Balaban J connectivity index is 2.51. The Kier molecular flexibility index (Phi) is 12.2. The van der Waals surface area contributed by atoms with Crippen molar-refractivity contribution in [2.24, 2.45) is 0 Å². The molecule has 0 aliphatic rings. The molecule has 2 aromatic carbocycles. The lowest BCUT2D eigenvalue weighted by atomic mass is 9.95. The summed E-state index contributed by atoms with van der Waals surface area (Å²) in [5, 5.41) is 5.80. The molecule has 0 aromatic heterocycles. The van der Waals surface area contributed by atoms with Gasteiger partial charge in [-0.2, -0.15) is 0 Å². The van der Waals surface area contributed by atoms with Crippen LogP contribution in [0.5, 0.6) is 0 Å². The average Bonchev–Trinajstić information content (AvgIpc) is 2.86. The Morgan fingerprint density at radius 2 is 1.74 bits per heavy atom. The van der Waals surface area contributed by atoms with Gasteiger partial charge in [0.2, 0.25) is 11.8 Å². The maximum absolute atomic E-state index is 14.2. The van der Waals surface area contributed by atoms with Crippen molar-refractivity contribution in [2.75, 3.05) is 13.1 Å². The van der Waals surface area contributed by atoms with Gasteiger partial charge in [0, 0.05) is 19.5 Å². The lowest BCUT2D eigenvalue weighted by Crippen LogP contribution is -2.54. The molecule has 0 heterocycles. The molecule has 7 nitrogen and oxygen atoms in total. The minimum atomic E-state index is -0.955. The number of carbonyl (C=O) groups is 3. The average molecular weight is 536 g/mol. The van der Waals surface area contributed by atoms with Crippen molar-refractivity contribution in [1.29, 1.82) is 0 Å². The van der Waals surface area contributed by atoms with Crippen molar-refractivity contribution >= 4 is 17.9 Å². The summed E-state index contributed by atoms with van der Waals surface area (Å²) in [6, 6.07) is 13.5. The SMILES string of the molecule is C=CCN(C(=O)C(Cc1ccccc1)NC(=O)OC(C)(C)C)C(C(=O)NCCCCC)c1ccc(C)cc1C. The summed E-state index contributed by atoms with van der Waals surface area (Å²) in [6.45, 7) is 15.8. The molecule has 212 valence electrons. The Morgan fingerprint density at radius 3 is 2.33 bits per heavy atom. The van der Waals surface area contributed by atoms with Gasteiger partial charge in [0.15, 0.2) is 0 Å². The summed E-state index contributed by atoms with van der Waals surface area (Å²) in [4.78, 5) is 42.3. The van der Waals surface area contributed by atoms with Crippen LogP contribution in [-0.4, -0.2) is 47.5 Å². The van der Waals surface area contributed by atoms with Gasteiger partial charge in [0.25, 0.3) is 0 Å². The molecule has 0 radical (unpaired) electrons. The van der Waals surface area contributed by atoms with Crippen LogP contribution >= 0.6 is 0 Å². The minimum Gasteiger partial charge on any atom is -0.444 e. The standard InChI is InChI=1S/C32H45N3O4/c1-8-10-14-19-33-29(36)28(26-18-17-23(3)21-24(26)4)35(20-9-2)30(37)27(22-25-15-12-11-13-16-25)34-31(38)39-32(5,6)7/h9,11-13,15-18,21,27-28H,2,8,10,14,19-20,22H2,1,3-7H3,(H,33,36)(H,34,38). The minimum absolute atomic E-state index is 0.125.